The molecule has 2 aromatic rings. The number of aromatic amines is 1. The van der Waals surface area contributed by atoms with Gasteiger partial charge in [-0.2, -0.15) is 0 Å². The van der Waals surface area contributed by atoms with Gasteiger partial charge in [0.05, 0.1) is 11.0 Å². The van der Waals surface area contributed by atoms with Gasteiger partial charge in [-0.1, -0.05) is 37.5 Å². The van der Waals surface area contributed by atoms with Crippen LogP contribution in [0.2, 0.25) is 0 Å². The van der Waals surface area contributed by atoms with Crippen LogP contribution in [0.5, 0.6) is 0 Å². The largest absolute Gasteiger partial charge is 0.335 e. The van der Waals surface area contributed by atoms with Crippen LogP contribution in [0.3, 0.4) is 0 Å². The summed E-state index contributed by atoms with van der Waals surface area (Å²) < 4.78 is 0. The standard InChI is InChI=1S/C16H18N2O/c19-15(11-10-12-6-2-1-3-7-12)16-17-13-8-4-5-9-14(13)18-16/h4-5,8-12H,1-3,6-7H2,(H,17,18). The third kappa shape index (κ3) is 2.75. The topological polar surface area (TPSA) is 45.8 Å². The number of H-pyrrole nitrogens is 1. The first kappa shape index (κ1) is 12.2. The molecule has 1 fully saturated rings. The number of rotatable bonds is 3. The van der Waals surface area contributed by atoms with Crippen LogP contribution in [-0.4, -0.2) is 15.8 Å². The summed E-state index contributed by atoms with van der Waals surface area (Å²) in [5.74, 6) is 0.983. The average Bonchev–Trinajstić information content (AvgIpc) is 2.90. The summed E-state index contributed by atoms with van der Waals surface area (Å²) in [5.41, 5.74) is 1.76. The van der Waals surface area contributed by atoms with Crippen molar-refractivity contribution in [2.24, 2.45) is 5.92 Å². The molecule has 1 N–H and O–H groups in total. The first-order valence-corrected chi connectivity index (χ1v) is 7.00. The quantitative estimate of drug-likeness (QED) is 0.667. The maximum Gasteiger partial charge on any atom is 0.220 e. The van der Waals surface area contributed by atoms with Crippen molar-refractivity contribution in [3.05, 3.63) is 42.2 Å². The summed E-state index contributed by atoms with van der Waals surface area (Å²) >= 11 is 0. The third-order valence-electron chi connectivity index (χ3n) is 3.79. The number of carbonyl (C=O) groups excluding carboxylic acids is 1. The molecular weight excluding hydrogens is 236 g/mol. The van der Waals surface area contributed by atoms with E-state index in [1.165, 1.54) is 32.1 Å². The number of allylic oxidation sites excluding steroid dienone is 2. The Morgan fingerprint density at radius 1 is 1.21 bits per heavy atom. The van der Waals surface area contributed by atoms with Gasteiger partial charge in [-0.15, -0.1) is 0 Å². The summed E-state index contributed by atoms with van der Waals surface area (Å²) in [7, 11) is 0. The minimum Gasteiger partial charge on any atom is -0.335 e. The number of para-hydroxylation sites is 2. The summed E-state index contributed by atoms with van der Waals surface area (Å²) in [6.07, 6.45) is 10.1. The third-order valence-corrected chi connectivity index (χ3v) is 3.79. The van der Waals surface area contributed by atoms with Crippen molar-refractivity contribution in [1.82, 2.24) is 9.97 Å². The van der Waals surface area contributed by atoms with E-state index in [-0.39, 0.29) is 5.78 Å². The van der Waals surface area contributed by atoms with Gasteiger partial charge in [0.15, 0.2) is 5.82 Å². The fraction of sp³-hybridized carbons (Fsp3) is 0.375. The van der Waals surface area contributed by atoms with E-state index in [2.05, 4.69) is 16.0 Å². The second-order valence-corrected chi connectivity index (χ2v) is 5.22. The Labute approximate surface area is 112 Å². The highest BCUT2D eigenvalue weighted by molar-refractivity contribution is 6.03. The Morgan fingerprint density at radius 2 is 2.00 bits per heavy atom. The minimum absolute atomic E-state index is 0.0261. The molecule has 0 saturated heterocycles. The molecule has 3 rings (SSSR count). The van der Waals surface area contributed by atoms with Gasteiger partial charge >= 0.3 is 0 Å². The van der Waals surface area contributed by atoms with Gasteiger partial charge in [-0.3, -0.25) is 4.79 Å². The molecule has 3 heteroatoms. The zero-order valence-electron chi connectivity index (χ0n) is 10.9. The molecule has 1 aromatic carbocycles. The molecule has 0 radical (unpaired) electrons. The van der Waals surface area contributed by atoms with E-state index in [0.29, 0.717) is 11.7 Å². The van der Waals surface area contributed by atoms with Crippen LogP contribution < -0.4 is 0 Å². The van der Waals surface area contributed by atoms with E-state index in [4.69, 9.17) is 0 Å². The van der Waals surface area contributed by atoms with Crippen molar-refractivity contribution < 1.29 is 4.79 Å². The Bertz CT molecular complexity index is 573. The molecule has 0 bridgehead atoms. The van der Waals surface area contributed by atoms with Crippen molar-refractivity contribution in [3.63, 3.8) is 0 Å². The molecule has 1 aliphatic carbocycles. The van der Waals surface area contributed by atoms with Crippen LogP contribution in [0, 0.1) is 5.92 Å². The number of fused-ring (bicyclic) bond motifs is 1. The van der Waals surface area contributed by atoms with Gasteiger partial charge in [-0.05, 0) is 37.0 Å². The molecule has 1 heterocycles. The molecule has 1 aromatic heterocycles. The maximum absolute atomic E-state index is 12.1. The Kier molecular flexibility index (Phi) is 3.45. The summed E-state index contributed by atoms with van der Waals surface area (Å²) in [6, 6.07) is 7.71. The Hall–Kier alpha value is -1.90. The fourth-order valence-electron chi connectivity index (χ4n) is 2.70. The van der Waals surface area contributed by atoms with Gasteiger partial charge < -0.3 is 4.98 Å². The lowest BCUT2D eigenvalue weighted by Crippen LogP contribution is -2.04. The molecule has 98 valence electrons. The van der Waals surface area contributed by atoms with Crippen LogP contribution in [0.15, 0.2) is 36.4 Å². The number of carbonyl (C=O) groups is 1. The predicted octanol–water partition coefficient (Wildman–Crippen LogP) is 3.88. The van der Waals surface area contributed by atoms with Gasteiger partial charge in [0.1, 0.15) is 0 Å². The Balaban J connectivity index is 1.74. The fourth-order valence-corrected chi connectivity index (χ4v) is 2.70. The highest BCUT2D eigenvalue weighted by Gasteiger charge is 2.12. The molecule has 0 spiro atoms. The number of hydrogen-bond donors (Lipinski definition) is 1. The summed E-state index contributed by atoms with van der Waals surface area (Å²) in [4.78, 5) is 19.5. The molecule has 1 saturated carbocycles. The number of benzene rings is 1. The van der Waals surface area contributed by atoms with Crippen LogP contribution in [0.25, 0.3) is 11.0 Å². The van der Waals surface area contributed by atoms with Gasteiger partial charge in [-0.25, -0.2) is 4.98 Å². The van der Waals surface area contributed by atoms with Crippen LogP contribution in [-0.2, 0) is 0 Å². The van der Waals surface area contributed by atoms with Crippen molar-refractivity contribution in [2.75, 3.05) is 0 Å². The molecule has 0 unspecified atom stereocenters. The number of aromatic nitrogens is 2. The van der Waals surface area contributed by atoms with Crippen molar-refractivity contribution in [3.8, 4) is 0 Å². The number of nitrogens with zero attached hydrogens (tertiary/aromatic N) is 1. The molecule has 3 nitrogen and oxygen atoms in total. The first-order valence-electron chi connectivity index (χ1n) is 7.00. The monoisotopic (exact) mass is 254 g/mol. The van der Waals surface area contributed by atoms with Crippen molar-refractivity contribution in [1.29, 1.82) is 0 Å². The summed E-state index contributed by atoms with van der Waals surface area (Å²) in [6.45, 7) is 0. The van der Waals surface area contributed by atoms with Crippen molar-refractivity contribution in [2.45, 2.75) is 32.1 Å². The molecule has 19 heavy (non-hydrogen) atoms. The number of ketones is 1. The maximum atomic E-state index is 12.1. The first-order chi connectivity index (χ1) is 9.33. The predicted molar refractivity (Wildman–Crippen MR) is 76.1 cm³/mol. The highest BCUT2D eigenvalue weighted by atomic mass is 16.1. The SMILES string of the molecule is O=C(C=CC1CCCCC1)c1nc2ccccc2[nH]1. The van der Waals surface area contributed by atoms with E-state index in [0.717, 1.165) is 11.0 Å². The van der Waals surface area contributed by atoms with Gasteiger partial charge in [0, 0.05) is 0 Å². The van der Waals surface area contributed by atoms with E-state index < -0.39 is 0 Å². The molecule has 0 amide bonds. The van der Waals surface area contributed by atoms with Gasteiger partial charge in [0.25, 0.3) is 0 Å². The lowest BCUT2D eigenvalue weighted by molar-refractivity contribution is 0.103. The van der Waals surface area contributed by atoms with Crippen molar-refractivity contribution >= 4 is 16.8 Å². The lowest BCUT2D eigenvalue weighted by Gasteiger charge is -2.17. The van der Waals surface area contributed by atoms with E-state index >= 15 is 0 Å². The normalized spacial score (nSPS) is 17.3. The van der Waals surface area contributed by atoms with Crippen LogP contribution >= 0.6 is 0 Å². The smallest absolute Gasteiger partial charge is 0.220 e. The zero-order chi connectivity index (χ0) is 13.1. The molecule has 1 aliphatic rings. The minimum atomic E-state index is -0.0261. The highest BCUT2D eigenvalue weighted by Crippen LogP contribution is 2.24. The van der Waals surface area contributed by atoms with Crippen LogP contribution in [0.4, 0.5) is 0 Å². The number of imidazole rings is 1. The lowest BCUT2D eigenvalue weighted by atomic mass is 9.89. The molecular formula is C16H18N2O. The Morgan fingerprint density at radius 3 is 2.79 bits per heavy atom. The van der Waals surface area contributed by atoms with Gasteiger partial charge in [0.2, 0.25) is 5.78 Å². The zero-order valence-corrected chi connectivity index (χ0v) is 10.9. The number of nitrogens with one attached hydrogen (secondary N) is 1. The average molecular weight is 254 g/mol. The summed E-state index contributed by atoms with van der Waals surface area (Å²) in [5, 5.41) is 0. The number of hydrogen-bond acceptors (Lipinski definition) is 2. The molecule has 0 aliphatic heterocycles. The second kappa shape index (κ2) is 5.39. The van der Waals surface area contributed by atoms with Crippen LogP contribution in [0.1, 0.15) is 42.7 Å². The second-order valence-electron chi connectivity index (χ2n) is 5.22. The van der Waals surface area contributed by atoms with E-state index in [1.807, 2.05) is 24.3 Å². The van der Waals surface area contributed by atoms with E-state index in [9.17, 15) is 4.79 Å². The van der Waals surface area contributed by atoms with E-state index in [1.54, 1.807) is 6.08 Å². The molecule has 0 atom stereocenters.